The van der Waals surface area contributed by atoms with Crippen LogP contribution in [0.25, 0.3) is 0 Å². The summed E-state index contributed by atoms with van der Waals surface area (Å²) in [6.45, 7) is 5.35. The maximum absolute atomic E-state index is 12.7. The van der Waals surface area contributed by atoms with Crippen LogP contribution in [0.15, 0.2) is 28.8 Å². The van der Waals surface area contributed by atoms with E-state index >= 15 is 0 Å². The third-order valence-electron chi connectivity index (χ3n) is 5.22. The summed E-state index contributed by atoms with van der Waals surface area (Å²) in [6, 6.07) is 7.18. The number of halogens is 2. The van der Waals surface area contributed by atoms with Crippen molar-refractivity contribution in [1.82, 2.24) is 15.0 Å². The van der Waals surface area contributed by atoms with Crippen molar-refractivity contribution >= 4 is 40.7 Å². The molecular weight excluding hydrogens is 403 g/mol. The topological polar surface area (TPSA) is 69.9 Å². The summed E-state index contributed by atoms with van der Waals surface area (Å²) < 4.78 is 4.94. The quantitative estimate of drug-likeness (QED) is 0.760. The SMILES string of the molecule is Cc1cc(C(=O)N2CC(C(=O)N3CCN(c4ccc(Cl)c(Cl)c4)CC3)C2)no1. The van der Waals surface area contributed by atoms with Crippen molar-refractivity contribution in [2.45, 2.75) is 6.92 Å². The highest BCUT2D eigenvalue weighted by atomic mass is 35.5. The Morgan fingerprint density at radius 1 is 1.04 bits per heavy atom. The predicted molar refractivity (Wildman–Crippen MR) is 106 cm³/mol. The second kappa shape index (κ2) is 7.64. The Bertz CT molecular complexity index is 902. The summed E-state index contributed by atoms with van der Waals surface area (Å²) >= 11 is 12.1. The van der Waals surface area contributed by atoms with Crippen molar-refractivity contribution in [2.75, 3.05) is 44.2 Å². The van der Waals surface area contributed by atoms with Gasteiger partial charge in [-0.25, -0.2) is 0 Å². The second-order valence-corrected chi connectivity index (χ2v) is 7.96. The van der Waals surface area contributed by atoms with E-state index in [4.69, 9.17) is 27.7 Å². The van der Waals surface area contributed by atoms with Gasteiger partial charge in [0.2, 0.25) is 5.91 Å². The first kappa shape index (κ1) is 19.1. The van der Waals surface area contributed by atoms with Gasteiger partial charge in [-0.05, 0) is 25.1 Å². The van der Waals surface area contributed by atoms with Gasteiger partial charge in [0.15, 0.2) is 5.69 Å². The van der Waals surface area contributed by atoms with E-state index in [9.17, 15) is 9.59 Å². The normalized spacial score (nSPS) is 17.6. The van der Waals surface area contributed by atoms with Crippen molar-refractivity contribution in [2.24, 2.45) is 5.92 Å². The lowest BCUT2D eigenvalue weighted by Crippen LogP contribution is -2.59. The Morgan fingerprint density at radius 3 is 2.36 bits per heavy atom. The van der Waals surface area contributed by atoms with E-state index in [-0.39, 0.29) is 17.7 Å². The fourth-order valence-electron chi connectivity index (χ4n) is 3.55. The smallest absolute Gasteiger partial charge is 0.276 e. The molecule has 7 nitrogen and oxygen atoms in total. The average Bonchev–Trinajstić information content (AvgIpc) is 3.09. The first-order chi connectivity index (χ1) is 13.4. The van der Waals surface area contributed by atoms with Crippen LogP contribution in [0.4, 0.5) is 5.69 Å². The first-order valence-electron chi connectivity index (χ1n) is 9.14. The van der Waals surface area contributed by atoms with Gasteiger partial charge in [-0.1, -0.05) is 28.4 Å². The van der Waals surface area contributed by atoms with Gasteiger partial charge in [0.1, 0.15) is 5.76 Å². The molecule has 0 bridgehead atoms. The van der Waals surface area contributed by atoms with E-state index < -0.39 is 0 Å². The Kier molecular flexibility index (Phi) is 5.21. The number of carbonyl (C=O) groups is 2. The highest BCUT2D eigenvalue weighted by molar-refractivity contribution is 6.42. The molecule has 148 valence electrons. The number of nitrogens with zero attached hydrogens (tertiary/aromatic N) is 4. The van der Waals surface area contributed by atoms with E-state index in [1.54, 1.807) is 24.0 Å². The highest BCUT2D eigenvalue weighted by Gasteiger charge is 2.39. The Labute approximate surface area is 172 Å². The van der Waals surface area contributed by atoms with Crippen LogP contribution in [0.2, 0.25) is 10.0 Å². The zero-order valence-electron chi connectivity index (χ0n) is 15.4. The van der Waals surface area contributed by atoms with Crippen LogP contribution >= 0.6 is 23.2 Å². The fraction of sp³-hybridized carbons (Fsp3) is 0.421. The number of aromatic nitrogens is 1. The molecule has 1 aromatic carbocycles. The molecule has 2 aromatic rings. The van der Waals surface area contributed by atoms with E-state index in [0.29, 0.717) is 47.7 Å². The molecule has 0 unspecified atom stereocenters. The van der Waals surface area contributed by atoms with E-state index in [1.165, 1.54) is 0 Å². The molecule has 2 aliphatic heterocycles. The van der Waals surface area contributed by atoms with Crippen molar-refractivity contribution in [3.63, 3.8) is 0 Å². The molecule has 0 N–H and O–H groups in total. The molecule has 2 amide bonds. The predicted octanol–water partition coefficient (Wildman–Crippen LogP) is 2.71. The maximum Gasteiger partial charge on any atom is 0.276 e. The molecule has 0 radical (unpaired) electrons. The number of amides is 2. The summed E-state index contributed by atoms with van der Waals surface area (Å²) in [5.74, 6) is 0.365. The zero-order chi connectivity index (χ0) is 19.8. The molecule has 9 heteroatoms. The number of hydrogen-bond acceptors (Lipinski definition) is 5. The van der Waals surface area contributed by atoms with Crippen LogP contribution < -0.4 is 4.90 Å². The van der Waals surface area contributed by atoms with Gasteiger partial charge in [-0.15, -0.1) is 0 Å². The summed E-state index contributed by atoms with van der Waals surface area (Å²) in [6.07, 6.45) is 0. The fourth-order valence-corrected chi connectivity index (χ4v) is 3.85. The number of anilines is 1. The maximum atomic E-state index is 12.7. The van der Waals surface area contributed by atoms with Crippen molar-refractivity contribution in [3.05, 3.63) is 45.8 Å². The Balaban J connectivity index is 1.28. The van der Waals surface area contributed by atoms with Crippen molar-refractivity contribution in [3.8, 4) is 0 Å². The highest BCUT2D eigenvalue weighted by Crippen LogP contribution is 2.28. The number of rotatable bonds is 3. The molecule has 4 rings (SSSR count). The monoisotopic (exact) mass is 422 g/mol. The van der Waals surface area contributed by atoms with Gasteiger partial charge in [0, 0.05) is 51.0 Å². The molecule has 2 aliphatic rings. The van der Waals surface area contributed by atoms with Crippen LogP contribution in [-0.2, 0) is 4.79 Å². The summed E-state index contributed by atoms with van der Waals surface area (Å²) in [7, 11) is 0. The molecule has 0 atom stereocenters. The number of hydrogen-bond donors (Lipinski definition) is 0. The molecule has 0 aliphatic carbocycles. The second-order valence-electron chi connectivity index (χ2n) is 7.14. The van der Waals surface area contributed by atoms with Gasteiger partial charge >= 0.3 is 0 Å². The van der Waals surface area contributed by atoms with Crippen LogP contribution in [-0.4, -0.2) is 66.0 Å². The number of likely N-dealkylation sites (tertiary alicyclic amines) is 1. The van der Waals surface area contributed by atoms with Crippen molar-refractivity contribution in [1.29, 1.82) is 0 Å². The van der Waals surface area contributed by atoms with Crippen LogP contribution in [0.5, 0.6) is 0 Å². The molecule has 2 saturated heterocycles. The standard InChI is InChI=1S/C19H20Cl2N4O3/c1-12-8-17(22-28-12)19(27)25-10-13(11-25)18(26)24-6-4-23(5-7-24)14-2-3-15(20)16(21)9-14/h2-3,8-9,13H,4-7,10-11H2,1H3. The average molecular weight is 423 g/mol. The lowest BCUT2D eigenvalue weighted by molar-refractivity contribution is -0.140. The number of piperazine rings is 1. The van der Waals surface area contributed by atoms with Gasteiger partial charge in [0.05, 0.1) is 16.0 Å². The van der Waals surface area contributed by atoms with E-state index in [0.717, 1.165) is 18.8 Å². The molecular formula is C19H20Cl2N4O3. The van der Waals surface area contributed by atoms with Crippen molar-refractivity contribution < 1.29 is 14.1 Å². The minimum absolute atomic E-state index is 0.106. The van der Waals surface area contributed by atoms with Gasteiger partial charge in [-0.2, -0.15) is 0 Å². The molecule has 0 spiro atoms. The molecule has 0 saturated carbocycles. The molecule has 3 heterocycles. The van der Waals surface area contributed by atoms with Crippen LogP contribution in [0, 0.1) is 12.8 Å². The summed E-state index contributed by atoms with van der Waals surface area (Å²) in [5, 5.41) is 4.80. The number of aryl methyl sites for hydroxylation is 1. The summed E-state index contributed by atoms with van der Waals surface area (Å²) in [5.41, 5.74) is 1.29. The lowest BCUT2D eigenvalue weighted by Gasteiger charge is -2.43. The summed E-state index contributed by atoms with van der Waals surface area (Å²) in [4.78, 5) is 30.7. The van der Waals surface area contributed by atoms with Crippen LogP contribution in [0.1, 0.15) is 16.2 Å². The third-order valence-corrected chi connectivity index (χ3v) is 5.96. The zero-order valence-corrected chi connectivity index (χ0v) is 16.9. The van der Waals surface area contributed by atoms with Gasteiger partial charge < -0.3 is 19.2 Å². The van der Waals surface area contributed by atoms with Crippen LogP contribution in [0.3, 0.4) is 0 Å². The minimum Gasteiger partial charge on any atom is -0.368 e. The molecule has 2 fully saturated rings. The third kappa shape index (κ3) is 3.69. The lowest BCUT2D eigenvalue weighted by atomic mass is 9.97. The largest absolute Gasteiger partial charge is 0.368 e. The van der Waals surface area contributed by atoms with E-state index in [2.05, 4.69) is 10.1 Å². The minimum atomic E-state index is -0.190. The van der Waals surface area contributed by atoms with Gasteiger partial charge in [-0.3, -0.25) is 9.59 Å². The van der Waals surface area contributed by atoms with E-state index in [1.807, 2.05) is 17.0 Å². The molecule has 28 heavy (non-hydrogen) atoms. The van der Waals surface area contributed by atoms with Gasteiger partial charge in [0.25, 0.3) is 5.91 Å². The number of carbonyl (C=O) groups excluding carboxylic acids is 2. The first-order valence-corrected chi connectivity index (χ1v) is 9.89. The Hall–Kier alpha value is -2.25. The Morgan fingerprint density at radius 2 is 1.75 bits per heavy atom. The number of benzene rings is 1. The molecule has 1 aromatic heterocycles.